The van der Waals surface area contributed by atoms with Crippen LogP contribution in [0.1, 0.15) is 36.0 Å². The van der Waals surface area contributed by atoms with Gasteiger partial charge in [-0.05, 0) is 43.0 Å². The number of aryl methyl sites for hydroxylation is 1. The predicted molar refractivity (Wildman–Crippen MR) is 116 cm³/mol. The number of benzene rings is 2. The van der Waals surface area contributed by atoms with E-state index in [1.165, 1.54) is 27.3 Å². The van der Waals surface area contributed by atoms with Crippen molar-refractivity contribution in [1.82, 2.24) is 5.32 Å². The van der Waals surface area contributed by atoms with Gasteiger partial charge in [-0.15, -0.1) is 0 Å². The van der Waals surface area contributed by atoms with Crippen molar-refractivity contribution >= 4 is 11.6 Å². The van der Waals surface area contributed by atoms with Gasteiger partial charge in [0.2, 0.25) is 0 Å². The number of amides is 1. The summed E-state index contributed by atoms with van der Waals surface area (Å²) in [6.07, 6.45) is 1.03. The molecule has 2 N–H and O–H groups in total. The fourth-order valence-corrected chi connectivity index (χ4v) is 4.07. The number of hydrogen-bond donors (Lipinski definition) is 2. The normalized spacial score (nSPS) is 16.0. The minimum atomic E-state index is 0.171. The number of nitrogens with one attached hydrogen (secondary N) is 2. The maximum absolute atomic E-state index is 12.5. The van der Waals surface area contributed by atoms with Crippen LogP contribution in [-0.4, -0.2) is 45.2 Å². The maximum Gasteiger partial charge on any atom is 0.275 e. The molecule has 2 aromatic carbocycles. The van der Waals surface area contributed by atoms with Crippen molar-refractivity contribution in [3.63, 3.8) is 0 Å². The number of carbonyl (C=O) groups excluding carboxylic acids is 1. The first kappa shape index (κ1) is 20.4. The van der Waals surface area contributed by atoms with Gasteiger partial charge in [0.25, 0.3) is 5.91 Å². The standard InChI is InChI=1S/C24H33N3O/c1-4-21(22-10-6-5-7-11-22)17-25-24(28)18-26-13-15-27(16-14-26)23-12-8-9-19(2)20(23)3/h5-12,21H,4,13-18H2,1-3H3,(H,25,28)/p+1/t21-/m0/s1. The average molecular weight is 381 g/mol. The number of quaternary nitrogens is 1. The Hall–Kier alpha value is -2.33. The molecule has 0 radical (unpaired) electrons. The van der Waals surface area contributed by atoms with Crippen LogP contribution in [0.5, 0.6) is 0 Å². The topological polar surface area (TPSA) is 36.8 Å². The second kappa shape index (κ2) is 9.74. The summed E-state index contributed by atoms with van der Waals surface area (Å²) in [7, 11) is 0. The third-order valence-corrected chi connectivity index (χ3v) is 6.11. The quantitative estimate of drug-likeness (QED) is 0.774. The third kappa shape index (κ3) is 5.14. The molecule has 0 bridgehead atoms. The van der Waals surface area contributed by atoms with E-state index in [0.717, 1.165) is 39.1 Å². The van der Waals surface area contributed by atoms with Crippen LogP contribution in [0.15, 0.2) is 48.5 Å². The van der Waals surface area contributed by atoms with Crippen LogP contribution in [-0.2, 0) is 4.79 Å². The molecule has 28 heavy (non-hydrogen) atoms. The number of piperazine rings is 1. The molecular formula is C24H34N3O+. The lowest BCUT2D eigenvalue weighted by molar-refractivity contribution is -0.892. The van der Waals surface area contributed by atoms with E-state index in [0.29, 0.717) is 12.5 Å². The molecule has 3 rings (SSSR count). The zero-order valence-electron chi connectivity index (χ0n) is 17.5. The second-order valence-electron chi connectivity index (χ2n) is 7.95. The van der Waals surface area contributed by atoms with Gasteiger partial charge in [0.05, 0.1) is 26.2 Å². The molecule has 1 aliphatic rings. The summed E-state index contributed by atoms with van der Waals surface area (Å²) in [6, 6.07) is 17.0. The average Bonchev–Trinajstić information content (AvgIpc) is 2.72. The minimum Gasteiger partial charge on any atom is -0.360 e. The summed E-state index contributed by atoms with van der Waals surface area (Å²) < 4.78 is 0. The zero-order chi connectivity index (χ0) is 19.9. The van der Waals surface area contributed by atoms with Crippen molar-refractivity contribution in [3.8, 4) is 0 Å². The summed E-state index contributed by atoms with van der Waals surface area (Å²) in [5.74, 6) is 0.561. The van der Waals surface area contributed by atoms with Crippen LogP contribution in [0, 0.1) is 13.8 Å². The second-order valence-corrected chi connectivity index (χ2v) is 7.95. The fraction of sp³-hybridized carbons (Fsp3) is 0.458. The summed E-state index contributed by atoms with van der Waals surface area (Å²) in [4.78, 5) is 16.3. The Balaban J connectivity index is 1.45. The molecule has 1 heterocycles. The van der Waals surface area contributed by atoms with Gasteiger partial charge in [0.1, 0.15) is 0 Å². The van der Waals surface area contributed by atoms with Gasteiger partial charge in [-0.1, -0.05) is 49.4 Å². The van der Waals surface area contributed by atoms with Crippen molar-refractivity contribution in [2.24, 2.45) is 0 Å². The highest BCUT2D eigenvalue weighted by Crippen LogP contribution is 2.22. The SMILES string of the molecule is CC[C@@H](CNC(=O)C[NH+]1CCN(c2cccc(C)c2C)CC1)c1ccccc1. The lowest BCUT2D eigenvalue weighted by Gasteiger charge is -2.34. The first-order chi connectivity index (χ1) is 13.6. The van der Waals surface area contributed by atoms with E-state index >= 15 is 0 Å². The van der Waals surface area contributed by atoms with Gasteiger partial charge >= 0.3 is 0 Å². The molecule has 1 amide bonds. The largest absolute Gasteiger partial charge is 0.360 e. The predicted octanol–water partition coefficient (Wildman–Crippen LogP) is 2.32. The highest BCUT2D eigenvalue weighted by Gasteiger charge is 2.23. The number of hydrogen-bond acceptors (Lipinski definition) is 2. The summed E-state index contributed by atoms with van der Waals surface area (Å²) >= 11 is 0. The molecule has 0 spiro atoms. The van der Waals surface area contributed by atoms with Crippen LogP contribution in [0.4, 0.5) is 5.69 Å². The molecule has 0 aliphatic carbocycles. The maximum atomic E-state index is 12.5. The van der Waals surface area contributed by atoms with Crippen molar-refractivity contribution in [1.29, 1.82) is 0 Å². The van der Waals surface area contributed by atoms with Gasteiger partial charge < -0.3 is 15.1 Å². The van der Waals surface area contributed by atoms with Crippen molar-refractivity contribution in [3.05, 3.63) is 65.2 Å². The van der Waals surface area contributed by atoms with Crippen molar-refractivity contribution in [2.75, 3.05) is 44.2 Å². The molecule has 4 heteroatoms. The van der Waals surface area contributed by atoms with Gasteiger partial charge in [-0.3, -0.25) is 4.79 Å². The van der Waals surface area contributed by atoms with Gasteiger partial charge in [-0.25, -0.2) is 0 Å². The lowest BCUT2D eigenvalue weighted by Crippen LogP contribution is -3.16. The van der Waals surface area contributed by atoms with Crippen LogP contribution in [0.25, 0.3) is 0 Å². The van der Waals surface area contributed by atoms with E-state index < -0.39 is 0 Å². The molecule has 4 nitrogen and oxygen atoms in total. The molecule has 0 aromatic heterocycles. The molecule has 2 aromatic rings. The van der Waals surface area contributed by atoms with Crippen LogP contribution >= 0.6 is 0 Å². The molecule has 1 saturated heterocycles. The highest BCUT2D eigenvalue weighted by molar-refractivity contribution is 5.76. The zero-order valence-corrected chi connectivity index (χ0v) is 17.5. The number of rotatable bonds is 7. The van der Waals surface area contributed by atoms with Crippen LogP contribution < -0.4 is 15.1 Å². The Morgan fingerprint density at radius 1 is 1.07 bits per heavy atom. The Morgan fingerprint density at radius 2 is 1.79 bits per heavy atom. The Bertz CT molecular complexity index is 767. The number of nitrogens with zero attached hydrogens (tertiary/aromatic N) is 1. The van der Waals surface area contributed by atoms with Gasteiger partial charge in [0.15, 0.2) is 6.54 Å². The minimum absolute atomic E-state index is 0.171. The molecule has 1 aliphatic heterocycles. The van der Waals surface area contributed by atoms with E-state index in [9.17, 15) is 4.79 Å². The Labute approximate surface area is 169 Å². The smallest absolute Gasteiger partial charge is 0.275 e. The van der Waals surface area contributed by atoms with Gasteiger partial charge in [-0.2, -0.15) is 0 Å². The molecule has 1 atom stereocenters. The van der Waals surface area contributed by atoms with E-state index in [-0.39, 0.29) is 5.91 Å². The van der Waals surface area contributed by atoms with Crippen LogP contribution in [0.3, 0.4) is 0 Å². The molecule has 0 saturated carbocycles. The Kier molecular flexibility index (Phi) is 7.10. The number of carbonyl (C=O) groups is 1. The first-order valence-electron chi connectivity index (χ1n) is 10.5. The van der Waals surface area contributed by atoms with E-state index in [1.54, 1.807) is 0 Å². The molecule has 1 fully saturated rings. The van der Waals surface area contributed by atoms with Gasteiger partial charge in [0, 0.05) is 18.2 Å². The van der Waals surface area contributed by atoms with E-state index in [2.05, 4.69) is 73.5 Å². The van der Waals surface area contributed by atoms with Crippen molar-refractivity contribution in [2.45, 2.75) is 33.1 Å². The summed E-state index contributed by atoms with van der Waals surface area (Å²) in [5.41, 5.74) is 5.36. The van der Waals surface area contributed by atoms with Crippen LogP contribution in [0.2, 0.25) is 0 Å². The Morgan fingerprint density at radius 3 is 2.46 bits per heavy atom. The highest BCUT2D eigenvalue weighted by atomic mass is 16.2. The summed E-state index contributed by atoms with van der Waals surface area (Å²) in [6.45, 7) is 11.9. The molecular weight excluding hydrogens is 346 g/mol. The van der Waals surface area contributed by atoms with E-state index in [4.69, 9.17) is 0 Å². The third-order valence-electron chi connectivity index (χ3n) is 6.11. The molecule has 150 valence electrons. The van der Waals surface area contributed by atoms with E-state index in [1.807, 2.05) is 6.07 Å². The lowest BCUT2D eigenvalue weighted by atomic mass is 9.96. The fourth-order valence-electron chi connectivity index (χ4n) is 4.07. The summed E-state index contributed by atoms with van der Waals surface area (Å²) in [5, 5.41) is 3.17. The van der Waals surface area contributed by atoms with Crippen molar-refractivity contribution < 1.29 is 9.69 Å². The molecule has 0 unspecified atom stereocenters. The monoisotopic (exact) mass is 380 g/mol. The first-order valence-corrected chi connectivity index (χ1v) is 10.5. The number of anilines is 1.